The first kappa shape index (κ1) is 15.5. The van der Waals surface area contributed by atoms with E-state index in [9.17, 15) is 14.7 Å². The van der Waals surface area contributed by atoms with Gasteiger partial charge in [0, 0.05) is 15.0 Å². The number of carbonyl (C=O) groups excluding carboxylic acids is 1. The first-order valence-electron chi connectivity index (χ1n) is 6.06. The maximum Gasteiger partial charge on any atom is 0.331 e. The van der Waals surface area contributed by atoms with Crippen LogP contribution >= 0.6 is 27.3 Å². The van der Waals surface area contributed by atoms with E-state index in [1.54, 1.807) is 29.6 Å². The SMILES string of the molecule is Cc1cc(Br)cc(NC(=O)NC(C(=O)O)c2cccs2)c1. The van der Waals surface area contributed by atoms with Crippen LogP contribution in [0.5, 0.6) is 0 Å². The van der Waals surface area contributed by atoms with Gasteiger partial charge >= 0.3 is 12.0 Å². The Labute approximate surface area is 134 Å². The fourth-order valence-electron chi connectivity index (χ4n) is 1.82. The lowest BCUT2D eigenvalue weighted by Crippen LogP contribution is -2.36. The van der Waals surface area contributed by atoms with Gasteiger partial charge in [0.1, 0.15) is 0 Å². The summed E-state index contributed by atoms with van der Waals surface area (Å²) in [6.45, 7) is 1.90. The summed E-state index contributed by atoms with van der Waals surface area (Å²) in [6.07, 6.45) is 0. The number of carboxylic acids is 1. The third-order valence-corrected chi connectivity index (χ3v) is 4.05. The van der Waals surface area contributed by atoms with Gasteiger partial charge in [-0.2, -0.15) is 0 Å². The van der Waals surface area contributed by atoms with Crippen molar-refractivity contribution in [2.45, 2.75) is 13.0 Å². The maximum atomic E-state index is 11.9. The fraction of sp³-hybridized carbons (Fsp3) is 0.143. The van der Waals surface area contributed by atoms with Crippen LogP contribution in [0.15, 0.2) is 40.2 Å². The van der Waals surface area contributed by atoms with Crippen molar-refractivity contribution in [3.05, 3.63) is 50.6 Å². The molecule has 0 saturated carbocycles. The lowest BCUT2D eigenvalue weighted by molar-refractivity contribution is -0.139. The molecule has 2 rings (SSSR count). The summed E-state index contributed by atoms with van der Waals surface area (Å²) >= 11 is 4.63. The van der Waals surface area contributed by atoms with E-state index in [1.807, 2.05) is 13.0 Å². The van der Waals surface area contributed by atoms with Crippen LogP contribution in [0.1, 0.15) is 16.5 Å². The molecule has 0 aliphatic rings. The highest BCUT2D eigenvalue weighted by Crippen LogP contribution is 2.21. The van der Waals surface area contributed by atoms with E-state index in [-0.39, 0.29) is 0 Å². The number of thiophene rings is 1. The predicted octanol–water partition coefficient (Wildman–Crippen LogP) is 3.77. The summed E-state index contributed by atoms with van der Waals surface area (Å²) in [5.74, 6) is -1.10. The minimum Gasteiger partial charge on any atom is -0.479 e. The fourth-order valence-corrected chi connectivity index (χ4v) is 3.19. The minimum atomic E-state index is -1.10. The van der Waals surface area contributed by atoms with E-state index >= 15 is 0 Å². The molecular weight excluding hydrogens is 356 g/mol. The lowest BCUT2D eigenvalue weighted by atomic mass is 10.2. The van der Waals surface area contributed by atoms with Crippen molar-refractivity contribution in [1.82, 2.24) is 5.32 Å². The molecule has 1 atom stereocenters. The average molecular weight is 369 g/mol. The van der Waals surface area contributed by atoms with Gasteiger partial charge in [0.15, 0.2) is 6.04 Å². The molecule has 0 saturated heterocycles. The van der Waals surface area contributed by atoms with Gasteiger partial charge < -0.3 is 15.7 Å². The zero-order valence-electron chi connectivity index (χ0n) is 11.1. The van der Waals surface area contributed by atoms with E-state index in [0.717, 1.165) is 10.0 Å². The van der Waals surface area contributed by atoms with E-state index in [0.29, 0.717) is 10.6 Å². The second kappa shape index (κ2) is 6.73. The molecule has 0 fully saturated rings. The third kappa shape index (κ3) is 4.30. The maximum absolute atomic E-state index is 11.9. The molecule has 0 bridgehead atoms. The third-order valence-electron chi connectivity index (χ3n) is 2.65. The summed E-state index contributed by atoms with van der Waals surface area (Å²) in [6, 6.07) is 7.25. The molecular formula is C14H13BrN2O3S. The smallest absolute Gasteiger partial charge is 0.331 e. The van der Waals surface area contributed by atoms with Crippen molar-refractivity contribution in [3.8, 4) is 0 Å². The van der Waals surface area contributed by atoms with Gasteiger partial charge in [0.05, 0.1) is 0 Å². The molecule has 21 heavy (non-hydrogen) atoms. The Morgan fingerprint density at radius 3 is 2.67 bits per heavy atom. The van der Waals surface area contributed by atoms with Gasteiger partial charge in [-0.15, -0.1) is 11.3 Å². The van der Waals surface area contributed by atoms with Crippen LogP contribution in [0, 0.1) is 6.92 Å². The Morgan fingerprint density at radius 2 is 2.10 bits per heavy atom. The van der Waals surface area contributed by atoms with Crippen LogP contribution in [-0.4, -0.2) is 17.1 Å². The molecule has 1 heterocycles. The molecule has 0 aliphatic heterocycles. The number of anilines is 1. The first-order valence-corrected chi connectivity index (χ1v) is 7.74. The van der Waals surface area contributed by atoms with Crippen LogP contribution in [0.25, 0.3) is 0 Å². The average Bonchev–Trinajstić information content (AvgIpc) is 2.87. The van der Waals surface area contributed by atoms with E-state index in [2.05, 4.69) is 26.6 Å². The highest BCUT2D eigenvalue weighted by Gasteiger charge is 2.22. The largest absolute Gasteiger partial charge is 0.479 e. The van der Waals surface area contributed by atoms with Crippen LogP contribution in [0.2, 0.25) is 0 Å². The van der Waals surface area contributed by atoms with Crippen molar-refractivity contribution in [3.63, 3.8) is 0 Å². The molecule has 0 aliphatic carbocycles. The van der Waals surface area contributed by atoms with Gasteiger partial charge in [-0.25, -0.2) is 9.59 Å². The van der Waals surface area contributed by atoms with Crippen LogP contribution < -0.4 is 10.6 Å². The predicted molar refractivity (Wildman–Crippen MR) is 85.7 cm³/mol. The summed E-state index contributed by atoms with van der Waals surface area (Å²) in [7, 11) is 0. The molecule has 1 aromatic carbocycles. The topological polar surface area (TPSA) is 78.4 Å². The van der Waals surface area contributed by atoms with Crippen molar-refractivity contribution in [2.75, 3.05) is 5.32 Å². The Kier molecular flexibility index (Phi) is 4.98. The Balaban J connectivity index is 2.08. The zero-order chi connectivity index (χ0) is 15.4. The number of carboxylic acid groups (broad SMARTS) is 1. The minimum absolute atomic E-state index is 0.562. The van der Waals surface area contributed by atoms with Gasteiger partial charge in [-0.3, -0.25) is 0 Å². The van der Waals surface area contributed by atoms with Gasteiger partial charge in [0.2, 0.25) is 0 Å². The molecule has 0 radical (unpaired) electrons. The Morgan fingerprint density at radius 1 is 1.33 bits per heavy atom. The van der Waals surface area contributed by atoms with Gasteiger partial charge in [0.25, 0.3) is 0 Å². The van der Waals surface area contributed by atoms with Crippen molar-refractivity contribution in [2.24, 2.45) is 0 Å². The second-order valence-electron chi connectivity index (χ2n) is 4.40. The summed E-state index contributed by atoms with van der Waals surface area (Å²) in [5, 5.41) is 16.1. The highest BCUT2D eigenvalue weighted by atomic mass is 79.9. The van der Waals surface area contributed by atoms with Crippen molar-refractivity contribution < 1.29 is 14.7 Å². The number of aryl methyl sites for hydroxylation is 1. The Hall–Kier alpha value is -1.86. The number of carbonyl (C=O) groups is 2. The number of rotatable bonds is 4. The number of benzene rings is 1. The molecule has 7 heteroatoms. The monoisotopic (exact) mass is 368 g/mol. The zero-order valence-corrected chi connectivity index (χ0v) is 13.5. The first-order chi connectivity index (χ1) is 9.95. The molecule has 110 valence electrons. The molecule has 1 aromatic heterocycles. The number of hydrogen-bond acceptors (Lipinski definition) is 3. The number of amides is 2. The lowest BCUT2D eigenvalue weighted by Gasteiger charge is -2.14. The molecule has 3 N–H and O–H groups in total. The van der Waals surface area contributed by atoms with Crippen LogP contribution in [0.3, 0.4) is 0 Å². The summed E-state index contributed by atoms with van der Waals surface area (Å²) in [5.41, 5.74) is 1.57. The number of aliphatic carboxylic acids is 1. The van der Waals surface area contributed by atoms with E-state index < -0.39 is 18.0 Å². The number of urea groups is 1. The molecule has 5 nitrogen and oxygen atoms in total. The summed E-state index contributed by atoms with van der Waals surface area (Å²) < 4.78 is 0.839. The number of halogens is 1. The highest BCUT2D eigenvalue weighted by molar-refractivity contribution is 9.10. The summed E-state index contributed by atoms with van der Waals surface area (Å²) in [4.78, 5) is 23.8. The van der Waals surface area contributed by atoms with E-state index in [4.69, 9.17) is 0 Å². The van der Waals surface area contributed by atoms with Crippen LogP contribution in [0.4, 0.5) is 10.5 Å². The molecule has 1 unspecified atom stereocenters. The van der Waals surface area contributed by atoms with Gasteiger partial charge in [-0.05, 0) is 42.1 Å². The van der Waals surface area contributed by atoms with Crippen molar-refractivity contribution >= 4 is 45.0 Å². The Bertz CT molecular complexity index is 638. The molecule has 2 amide bonds. The molecule has 2 aromatic rings. The van der Waals surface area contributed by atoms with Crippen molar-refractivity contribution in [1.29, 1.82) is 0 Å². The van der Waals surface area contributed by atoms with Crippen LogP contribution in [-0.2, 0) is 4.79 Å². The normalized spacial score (nSPS) is 11.7. The standard InChI is InChI=1S/C14H13BrN2O3S/c1-8-5-9(15)7-10(6-8)16-14(20)17-12(13(18)19)11-3-2-4-21-11/h2-7,12H,1H3,(H,18,19)(H2,16,17,20). The molecule has 0 spiro atoms. The van der Waals surface area contributed by atoms with E-state index in [1.165, 1.54) is 11.3 Å². The van der Waals surface area contributed by atoms with Gasteiger partial charge in [-0.1, -0.05) is 22.0 Å². The second-order valence-corrected chi connectivity index (χ2v) is 6.30. The number of nitrogens with one attached hydrogen (secondary N) is 2. The number of hydrogen-bond donors (Lipinski definition) is 3. The quantitative estimate of drug-likeness (QED) is 0.768.